The van der Waals surface area contributed by atoms with Crippen LogP contribution in [0.2, 0.25) is 0 Å². The molecule has 1 amide bonds. The second kappa shape index (κ2) is 12.3. The van der Waals surface area contributed by atoms with Crippen molar-refractivity contribution >= 4 is 44.1 Å². The molecule has 2 aliphatic rings. The van der Waals surface area contributed by atoms with Crippen LogP contribution in [0.1, 0.15) is 50.3 Å². The molecule has 0 unspecified atom stereocenters. The molecule has 2 aliphatic heterocycles. The van der Waals surface area contributed by atoms with Crippen LogP contribution in [0.5, 0.6) is 23.0 Å². The Bertz CT molecular complexity index is 1710. The maximum atomic E-state index is 13.7. The molecule has 1 atom stereocenters. The van der Waals surface area contributed by atoms with Gasteiger partial charge >= 0.3 is 5.91 Å². The van der Waals surface area contributed by atoms with E-state index in [1.54, 1.807) is 18.2 Å². The molecule has 10 heteroatoms. The van der Waals surface area contributed by atoms with E-state index in [-0.39, 0.29) is 11.3 Å². The molecule has 43 heavy (non-hydrogen) atoms. The van der Waals surface area contributed by atoms with Gasteiger partial charge in [-0.3, -0.25) is 14.5 Å². The molecule has 0 saturated carbocycles. The highest BCUT2D eigenvalue weighted by molar-refractivity contribution is 7.22. The van der Waals surface area contributed by atoms with Gasteiger partial charge in [0.1, 0.15) is 30.5 Å². The quantitative estimate of drug-likeness (QED) is 0.0932. The molecule has 1 aromatic heterocycles. The maximum Gasteiger partial charge on any atom is 0.301 e. The van der Waals surface area contributed by atoms with Crippen molar-refractivity contribution in [1.82, 2.24) is 4.98 Å². The highest BCUT2D eigenvalue weighted by Gasteiger charge is 2.48. The van der Waals surface area contributed by atoms with Crippen LogP contribution in [-0.4, -0.2) is 48.2 Å². The van der Waals surface area contributed by atoms with Crippen LogP contribution < -0.4 is 23.8 Å². The van der Waals surface area contributed by atoms with Crippen LogP contribution in [-0.2, 0) is 9.59 Å². The lowest BCUT2D eigenvalue weighted by atomic mass is 9.95. The highest BCUT2D eigenvalue weighted by Crippen LogP contribution is 2.46. The molecule has 222 valence electrons. The first-order valence-corrected chi connectivity index (χ1v) is 15.3. The Morgan fingerprint density at radius 2 is 1.79 bits per heavy atom. The van der Waals surface area contributed by atoms with Crippen LogP contribution in [0.15, 0.2) is 66.2 Å². The van der Waals surface area contributed by atoms with E-state index in [4.69, 9.17) is 23.9 Å². The summed E-state index contributed by atoms with van der Waals surface area (Å²) in [6, 6.07) is 16.8. The third-order valence-corrected chi connectivity index (χ3v) is 8.33. The number of aromatic nitrogens is 1. The summed E-state index contributed by atoms with van der Waals surface area (Å²) in [5, 5.41) is 12.0. The molecule has 0 radical (unpaired) electrons. The Labute approximate surface area is 253 Å². The molecular weight excluding hydrogens is 568 g/mol. The number of rotatable bonds is 10. The minimum absolute atomic E-state index is 0.0425. The number of ether oxygens (including phenoxy) is 4. The molecule has 0 spiro atoms. The summed E-state index contributed by atoms with van der Waals surface area (Å²) in [6.45, 7) is 5.90. The number of carbonyl (C=O) groups is 2. The van der Waals surface area contributed by atoms with Gasteiger partial charge in [-0.1, -0.05) is 43.2 Å². The standard InChI is InChI=1S/C33H32N2O7S/c1-3-5-6-14-40-22-9-7-8-20(17-22)29-28(30(36)21-10-13-25-26(18-21)42-16-15-41-25)31(37)32(38)35(29)33-34-24-12-11-23(39-4-2)19-27(24)43-33/h7-13,17-19,29,36H,3-6,14-16H2,1-2H3/t29-/m1/s1. The van der Waals surface area contributed by atoms with E-state index in [2.05, 4.69) is 6.92 Å². The van der Waals surface area contributed by atoms with Gasteiger partial charge in [0.2, 0.25) is 0 Å². The van der Waals surface area contributed by atoms with Gasteiger partial charge in [-0.25, -0.2) is 4.98 Å². The summed E-state index contributed by atoms with van der Waals surface area (Å²) in [6.07, 6.45) is 3.04. The molecule has 9 nitrogen and oxygen atoms in total. The monoisotopic (exact) mass is 600 g/mol. The van der Waals surface area contributed by atoms with Crippen molar-refractivity contribution in [1.29, 1.82) is 0 Å². The van der Waals surface area contributed by atoms with Crippen molar-refractivity contribution in [2.45, 2.75) is 39.2 Å². The number of carbonyl (C=O) groups excluding carboxylic acids is 2. The van der Waals surface area contributed by atoms with Crippen molar-refractivity contribution in [3.05, 3.63) is 77.4 Å². The number of hydrogen-bond acceptors (Lipinski definition) is 9. The average Bonchev–Trinajstić information content (AvgIpc) is 3.56. The van der Waals surface area contributed by atoms with Gasteiger partial charge in [-0.15, -0.1) is 0 Å². The molecule has 0 aliphatic carbocycles. The van der Waals surface area contributed by atoms with Crippen LogP contribution in [0, 0.1) is 0 Å². The SMILES string of the molecule is CCCCCOc1cccc([C@@H]2C(=C(O)c3ccc4c(c3)OCCO4)C(=O)C(=O)N2c2nc3ccc(OCC)cc3s2)c1. The molecule has 1 saturated heterocycles. The van der Waals surface area contributed by atoms with Crippen molar-refractivity contribution in [2.75, 3.05) is 31.3 Å². The molecule has 4 aromatic rings. The number of amides is 1. The fraction of sp³-hybridized carbons (Fsp3) is 0.303. The van der Waals surface area contributed by atoms with Crippen molar-refractivity contribution in [3.8, 4) is 23.0 Å². The van der Waals surface area contributed by atoms with E-state index in [0.717, 1.165) is 24.0 Å². The molecule has 3 heterocycles. The number of fused-ring (bicyclic) bond motifs is 2. The first kappa shape index (κ1) is 28.5. The Morgan fingerprint density at radius 1 is 0.977 bits per heavy atom. The summed E-state index contributed by atoms with van der Waals surface area (Å²) in [5.41, 5.74) is 1.58. The minimum atomic E-state index is -0.945. The molecule has 0 bridgehead atoms. The zero-order valence-corrected chi connectivity index (χ0v) is 24.8. The van der Waals surface area contributed by atoms with E-state index >= 15 is 0 Å². The van der Waals surface area contributed by atoms with E-state index in [1.165, 1.54) is 16.2 Å². The molecule has 3 aromatic carbocycles. The van der Waals surface area contributed by atoms with Gasteiger partial charge < -0.3 is 24.1 Å². The highest BCUT2D eigenvalue weighted by atomic mass is 32.1. The topological polar surface area (TPSA) is 107 Å². The first-order valence-electron chi connectivity index (χ1n) is 14.5. The van der Waals surface area contributed by atoms with E-state index in [9.17, 15) is 14.7 Å². The van der Waals surface area contributed by atoms with Crippen molar-refractivity contribution in [3.63, 3.8) is 0 Å². The van der Waals surface area contributed by atoms with Crippen LogP contribution in [0.4, 0.5) is 5.13 Å². The summed E-state index contributed by atoms with van der Waals surface area (Å²) in [7, 11) is 0. The Kier molecular flexibility index (Phi) is 8.20. The fourth-order valence-electron chi connectivity index (χ4n) is 5.26. The van der Waals surface area contributed by atoms with Crippen molar-refractivity contribution < 1.29 is 33.6 Å². The van der Waals surface area contributed by atoms with Gasteiger partial charge in [0.15, 0.2) is 16.6 Å². The van der Waals surface area contributed by atoms with E-state index in [1.807, 2.05) is 49.4 Å². The van der Waals surface area contributed by atoms with Gasteiger partial charge in [0.05, 0.1) is 35.0 Å². The van der Waals surface area contributed by atoms with Crippen LogP contribution >= 0.6 is 11.3 Å². The number of unbranched alkanes of at least 4 members (excludes halogenated alkanes) is 2. The van der Waals surface area contributed by atoms with Crippen LogP contribution in [0.25, 0.3) is 16.0 Å². The molecule has 1 fully saturated rings. The van der Waals surface area contributed by atoms with E-state index in [0.29, 0.717) is 71.2 Å². The predicted octanol–water partition coefficient (Wildman–Crippen LogP) is 6.66. The third kappa shape index (κ3) is 5.62. The van der Waals surface area contributed by atoms with Gasteiger partial charge in [0.25, 0.3) is 5.78 Å². The summed E-state index contributed by atoms with van der Waals surface area (Å²) in [5.74, 6) is 0.424. The van der Waals surface area contributed by atoms with Gasteiger partial charge in [-0.05, 0) is 67.4 Å². The Morgan fingerprint density at radius 3 is 2.60 bits per heavy atom. The number of anilines is 1. The van der Waals surface area contributed by atoms with Crippen LogP contribution in [0.3, 0.4) is 0 Å². The molecule has 6 rings (SSSR count). The zero-order chi connectivity index (χ0) is 29.9. The van der Waals surface area contributed by atoms with Gasteiger partial charge in [0, 0.05) is 5.56 Å². The molecule has 1 N–H and O–H groups in total. The average molecular weight is 601 g/mol. The lowest BCUT2D eigenvalue weighted by molar-refractivity contribution is -0.132. The second-order valence-corrected chi connectivity index (χ2v) is 11.2. The largest absolute Gasteiger partial charge is 0.507 e. The van der Waals surface area contributed by atoms with E-state index < -0.39 is 17.7 Å². The number of thiazole rings is 1. The van der Waals surface area contributed by atoms with Crippen molar-refractivity contribution in [2.24, 2.45) is 0 Å². The zero-order valence-electron chi connectivity index (χ0n) is 24.0. The number of Topliss-reactive ketones (excluding diaryl/α,β-unsaturated/α-hetero) is 1. The summed E-state index contributed by atoms with van der Waals surface area (Å²) in [4.78, 5) is 33.5. The number of aliphatic hydroxyl groups is 1. The fourth-order valence-corrected chi connectivity index (χ4v) is 6.28. The maximum absolute atomic E-state index is 13.7. The Hall–Kier alpha value is -4.57. The summed E-state index contributed by atoms with van der Waals surface area (Å²) < 4.78 is 23.8. The number of ketones is 1. The smallest absolute Gasteiger partial charge is 0.301 e. The summed E-state index contributed by atoms with van der Waals surface area (Å²) >= 11 is 1.28. The second-order valence-electron chi connectivity index (χ2n) is 10.2. The lowest BCUT2D eigenvalue weighted by Gasteiger charge is -2.24. The minimum Gasteiger partial charge on any atom is -0.507 e. The normalized spacial score (nSPS) is 17.4. The number of aliphatic hydroxyl groups excluding tert-OH is 1. The number of hydrogen-bond donors (Lipinski definition) is 1. The predicted molar refractivity (Wildman–Crippen MR) is 164 cm³/mol. The first-order chi connectivity index (χ1) is 21.0. The van der Waals surface area contributed by atoms with Gasteiger partial charge in [-0.2, -0.15) is 0 Å². The third-order valence-electron chi connectivity index (χ3n) is 7.32. The lowest BCUT2D eigenvalue weighted by Crippen LogP contribution is -2.29. The number of nitrogens with zero attached hydrogens (tertiary/aromatic N) is 2. The molecular formula is C33H32N2O7S. The Balaban J connectivity index is 1.46. The number of benzene rings is 3.